The SMILES string of the molecule is CC1CCN(c2nnc(SC(C)c3nc(-c4cccs4)no3)n2Cc2ccco2)CC1. The highest BCUT2D eigenvalue weighted by atomic mass is 32.2. The molecule has 0 bridgehead atoms. The predicted molar refractivity (Wildman–Crippen MR) is 120 cm³/mol. The highest BCUT2D eigenvalue weighted by molar-refractivity contribution is 7.99. The lowest BCUT2D eigenvalue weighted by molar-refractivity contribution is 0.380. The molecule has 1 unspecified atom stereocenters. The fourth-order valence-electron chi connectivity index (χ4n) is 3.62. The van der Waals surface area contributed by atoms with E-state index in [9.17, 15) is 0 Å². The van der Waals surface area contributed by atoms with Gasteiger partial charge >= 0.3 is 0 Å². The summed E-state index contributed by atoms with van der Waals surface area (Å²) in [5.41, 5.74) is 0. The molecule has 0 aliphatic carbocycles. The van der Waals surface area contributed by atoms with Crippen LogP contribution in [-0.4, -0.2) is 38.0 Å². The van der Waals surface area contributed by atoms with E-state index in [1.165, 1.54) is 12.8 Å². The zero-order valence-electron chi connectivity index (χ0n) is 17.5. The Morgan fingerprint density at radius 3 is 2.84 bits per heavy atom. The summed E-state index contributed by atoms with van der Waals surface area (Å²) in [6, 6.07) is 7.85. The number of thiophene rings is 1. The van der Waals surface area contributed by atoms with Crippen LogP contribution in [0.1, 0.15) is 43.6 Å². The van der Waals surface area contributed by atoms with Crippen LogP contribution >= 0.6 is 23.1 Å². The van der Waals surface area contributed by atoms with E-state index in [-0.39, 0.29) is 5.25 Å². The van der Waals surface area contributed by atoms with Crippen LogP contribution in [0.15, 0.2) is 50.0 Å². The molecule has 1 atom stereocenters. The minimum atomic E-state index is -0.0602. The summed E-state index contributed by atoms with van der Waals surface area (Å²) in [4.78, 5) is 7.91. The van der Waals surface area contributed by atoms with Gasteiger partial charge in [-0.15, -0.1) is 21.5 Å². The summed E-state index contributed by atoms with van der Waals surface area (Å²) in [5, 5.41) is 16.0. The van der Waals surface area contributed by atoms with Gasteiger partial charge in [0.1, 0.15) is 5.76 Å². The molecular formula is C21H24N6O2S2. The van der Waals surface area contributed by atoms with Gasteiger partial charge in [0.05, 0.1) is 22.9 Å². The third kappa shape index (κ3) is 4.40. The molecule has 10 heteroatoms. The van der Waals surface area contributed by atoms with Crippen LogP contribution in [-0.2, 0) is 6.54 Å². The highest BCUT2D eigenvalue weighted by Crippen LogP contribution is 2.36. The topological polar surface area (TPSA) is 86.0 Å². The second-order valence-corrected chi connectivity index (χ2v) is 10.1. The molecule has 1 fully saturated rings. The third-order valence-corrected chi connectivity index (χ3v) is 7.40. The van der Waals surface area contributed by atoms with Crippen molar-refractivity contribution in [3.05, 3.63) is 47.6 Å². The number of thioether (sulfide) groups is 1. The Hall–Kier alpha value is -2.59. The molecule has 0 amide bonds. The van der Waals surface area contributed by atoms with Crippen molar-refractivity contribution in [2.24, 2.45) is 5.92 Å². The van der Waals surface area contributed by atoms with Gasteiger partial charge in [0.25, 0.3) is 0 Å². The fourth-order valence-corrected chi connectivity index (χ4v) is 5.15. The molecule has 31 heavy (non-hydrogen) atoms. The number of hydrogen-bond donors (Lipinski definition) is 0. The molecule has 162 valence electrons. The van der Waals surface area contributed by atoms with E-state index in [1.54, 1.807) is 29.4 Å². The van der Waals surface area contributed by atoms with E-state index >= 15 is 0 Å². The van der Waals surface area contributed by atoms with Gasteiger partial charge < -0.3 is 13.8 Å². The predicted octanol–water partition coefficient (Wildman–Crippen LogP) is 5.12. The van der Waals surface area contributed by atoms with Crippen molar-refractivity contribution >= 4 is 29.0 Å². The molecule has 4 aromatic heterocycles. The lowest BCUT2D eigenvalue weighted by Crippen LogP contribution is -2.35. The molecule has 0 spiro atoms. The Morgan fingerprint density at radius 1 is 1.23 bits per heavy atom. The van der Waals surface area contributed by atoms with E-state index in [4.69, 9.17) is 8.94 Å². The molecule has 0 radical (unpaired) electrons. The number of anilines is 1. The first kappa shape index (κ1) is 20.3. The molecule has 1 saturated heterocycles. The van der Waals surface area contributed by atoms with E-state index in [0.29, 0.717) is 18.3 Å². The molecule has 1 aliphatic rings. The van der Waals surface area contributed by atoms with Crippen LogP contribution in [0.5, 0.6) is 0 Å². The largest absolute Gasteiger partial charge is 0.467 e. The standard InChI is InChI=1S/C21H24N6O2S2/c1-14-7-9-26(10-8-14)20-23-24-21(27(20)13-16-5-3-11-28-16)31-15(2)19-22-18(25-29-19)17-6-4-12-30-17/h3-6,11-12,14-15H,7-10,13H2,1-2H3. The Morgan fingerprint density at radius 2 is 2.10 bits per heavy atom. The minimum Gasteiger partial charge on any atom is -0.467 e. The van der Waals surface area contributed by atoms with Crippen LogP contribution in [0.2, 0.25) is 0 Å². The van der Waals surface area contributed by atoms with Crippen LogP contribution in [0.4, 0.5) is 5.95 Å². The maximum Gasteiger partial charge on any atom is 0.240 e. The lowest BCUT2D eigenvalue weighted by Gasteiger charge is -2.31. The van der Waals surface area contributed by atoms with Gasteiger partial charge in [-0.25, -0.2) is 0 Å². The zero-order valence-corrected chi connectivity index (χ0v) is 19.1. The molecule has 0 aromatic carbocycles. The smallest absolute Gasteiger partial charge is 0.240 e. The average Bonchev–Trinajstić information content (AvgIpc) is 3.57. The Kier molecular flexibility index (Phi) is 5.82. The number of rotatable bonds is 7. The summed E-state index contributed by atoms with van der Waals surface area (Å²) in [7, 11) is 0. The fraction of sp³-hybridized carbons (Fsp3) is 0.429. The molecule has 4 aromatic rings. The van der Waals surface area contributed by atoms with Gasteiger partial charge in [-0.3, -0.25) is 4.57 Å². The van der Waals surface area contributed by atoms with Crippen molar-refractivity contribution < 1.29 is 8.94 Å². The zero-order chi connectivity index (χ0) is 21.2. The van der Waals surface area contributed by atoms with Crippen LogP contribution < -0.4 is 4.90 Å². The minimum absolute atomic E-state index is 0.0602. The molecular weight excluding hydrogens is 432 g/mol. The van der Waals surface area contributed by atoms with Crippen LogP contribution in [0, 0.1) is 5.92 Å². The Balaban J connectivity index is 1.39. The second kappa shape index (κ2) is 8.88. The third-order valence-electron chi connectivity index (χ3n) is 5.47. The quantitative estimate of drug-likeness (QED) is 0.354. The lowest BCUT2D eigenvalue weighted by atomic mass is 10.00. The van der Waals surface area contributed by atoms with Crippen molar-refractivity contribution in [2.75, 3.05) is 18.0 Å². The first-order valence-electron chi connectivity index (χ1n) is 10.4. The van der Waals surface area contributed by atoms with Gasteiger partial charge in [0.2, 0.25) is 17.7 Å². The number of piperidine rings is 1. The summed E-state index contributed by atoms with van der Waals surface area (Å²) in [6.45, 7) is 6.92. The molecule has 1 aliphatic heterocycles. The van der Waals surface area contributed by atoms with Gasteiger partial charge in [-0.2, -0.15) is 4.98 Å². The van der Waals surface area contributed by atoms with Gasteiger partial charge in [-0.05, 0) is 49.3 Å². The summed E-state index contributed by atoms with van der Waals surface area (Å²) in [6.07, 6.45) is 4.03. The normalized spacial score (nSPS) is 16.1. The first-order valence-corrected chi connectivity index (χ1v) is 12.2. The van der Waals surface area contributed by atoms with Gasteiger partial charge in [-0.1, -0.05) is 29.9 Å². The number of furan rings is 1. The van der Waals surface area contributed by atoms with Crippen molar-refractivity contribution in [1.29, 1.82) is 0 Å². The maximum absolute atomic E-state index is 5.61. The Labute approximate surface area is 188 Å². The summed E-state index contributed by atoms with van der Waals surface area (Å²) in [5.74, 6) is 3.72. The summed E-state index contributed by atoms with van der Waals surface area (Å²) < 4.78 is 13.3. The van der Waals surface area contributed by atoms with Crippen LogP contribution in [0.3, 0.4) is 0 Å². The molecule has 5 heterocycles. The highest BCUT2D eigenvalue weighted by Gasteiger charge is 2.26. The number of hydrogen-bond acceptors (Lipinski definition) is 9. The van der Waals surface area contributed by atoms with Crippen molar-refractivity contribution in [1.82, 2.24) is 24.9 Å². The van der Waals surface area contributed by atoms with E-state index in [0.717, 1.165) is 40.7 Å². The maximum atomic E-state index is 5.61. The molecule has 8 nitrogen and oxygen atoms in total. The van der Waals surface area contributed by atoms with Crippen molar-refractivity contribution in [2.45, 2.75) is 43.6 Å². The average molecular weight is 457 g/mol. The van der Waals surface area contributed by atoms with Gasteiger partial charge in [0, 0.05) is 13.1 Å². The number of aromatic nitrogens is 5. The van der Waals surface area contributed by atoms with E-state index < -0.39 is 0 Å². The Bertz CT molecular complexity index is 1100. The van der Waals surface area contributed by atoms with Crippen LogP contribution in [0.25, 0.3) is 10.7 Å². The van der Waals surface area contributed by atoms with Crippen molar-refractivity contribution in [3.8, 4) is 10.7 Å². The van der Waals surface area contributed by atoms with Gasteiger partial charge in [0.15, 0.2) is 5.16 Å². The monoisotopic (exact) mass is 456 g/mol. The molecule has 0 saturated carbocycles. The second-order valence-electron chi connectivity index (χ2n) is 7.81. The molecule has 0 N–H and O–H groups in total. The molecule has 5 rings (SSSR count). The van der Waals surface area contributed by atoms with E-state index in [1.807, 2.05) is 36.6 Å². The van der Waals surface area contributed by atoms with Crippen molar-refractivity contribution in [3.63, 3.8) is 0 Å². The number of nitrogens with zero attached hydrogens (tertiary/aromatic N) is 6. The van der Waals surface area contributed by atoms with E-state index in [2.05, 4.69) is 36.7 Å². The summed E-state index contributed by atoms with van der Waals surface area (Å²) >= 11 is 3.16. The first-order chi connectivity index (χ1) is 15.2.